The van der Waals surface area contributed by atoms with Gasteiger partial charge in [-0.05, 0) is 31.2 Å². The van der Waals surface area contributed by atoms with Crippen LogP contribution in [-0.2, 0) is 0 Å². The van der Waals surface area contributed by atoms with E-state index >= 15 is 0 Å². The Hall–Kier alpha value is -0.870. The molecule has 1 aromatic carbocycles. The Labute approximate surface area is 127 Å². The van der Waals surface area contributed by atoms with E-state index in [1.807, 2.05) is 36.0 Å². The SMILES string of the molecule is CCC(CC)(CNCCOc1ccccc1OC)SC. The van der Waals surface area contributed by atoms with Crippen LogP contribution >= 0.6 is 11.8 Å². The summed E-state index contributed by atoms with van der Waals surface area (Å²) >= 11 is 1.95. The fraction of sp³-hybridized carbons (Fsp3) is 0.625. The number of nitrogens with one attached hydrogen (secondary N) is 1. The number of rotatable bonds is 10. The zero-order chi connectivity index (χ0) is 14.8. The predicted molar refractivity (Wildman–Crippen MR) is 88.2 cm³/mol. The first-order valence-corrected chi connectivity index (χ1v) is 8.45. The van der Waals surface area contributed by atoms with Gasteiger partial charge >= 0.3 is 0 Å². The van der Waals surface area contributed by atoms with Gasteiger partial charge in [0, 0.05) is 17.8 Å². The number of para-hydroxylation sites is 2. The molecular formula is C16H27NO2S. The third-order valence-electron chi connectivity index (χ3n) is 3.77. The number of ether oxygens (including phenoxy) is 2. The van der Waals surface area contributed by atoms with Crippen molar-refractivity contribution in [3.8, 4) is 11.5 Å². The first kappa shape index (κ1) is 17.2. The van der Waals surface area contributed by atoms with E-state index in [1.165, 1.54) is 12.8 Å². The fourth-order valence-electron chi connectivity index (χ4n) is 2.15. The van der Waals surface area contributed by atoms with Crippen LogP contribution in [0.2, 0.25) is 0 Å². The quantitative estimate of drug-likeness (QED) is 0.669. The minimum absolute atomic E-state index is 0.352. The molecule has 0 fully saturated rings. The molecule has 0 amide bonds. The highest BCUT2D eigenvalue weighted by atomic mass is 32.2. The standard InChI is InChI=1S/C16H27NO2S/c1-5-16(6-2,20-4)13-17-11-12-19-15-10-8-7-9-14(15)18-3/h7-10,17H,5-6,11-13H2,1-4H3. The maximum atomic E-state index is 5.75. The molecule has 1 aromatic rings. The van der Waals surface area contributed by atoms with E-state index in [2.05, 4.69) is 25.4 Å². The predicted octanol–water partition coefficient (Wildman–Crippen LogP) is 3.59. The summed E-state index contributed by atoms with van der Waals surface area (Å²) in [5.74, 6) is 1.59. The van der Waals surface area contributed by atoms with Crippen LogP contribution in [0.4, 0.5) is 0 Å². The Kier molecular flexibility index (Phi) is 7.85. The fourth-order valence-corrected chi connectivity index (χ4v) is 2.97. The maximum Gasteiger partial charge on any atom is 0.161 e. The van der Waals surface area contributed by atoms with Gasteiger partial charge < -0.3 is 14.8 Å². The van der Waals surface area contributed by atoms with Crippen LogP contribution in [-0.4, -0.2) is 37.8 Å². The molecule has 0 radical (unpaired) electrons. The van der Waals surface area contributed by atoms with Crippen LogP contribution in [0.15, 0.2) is 24.3 Å². The summed E-state index contributed by atoms with van der Waals surface area (Å²) in [6.07, 6.45) is 4.57. The van der Waals surface area contributed by atoms with Gasteiger partial charge in [-0.25, -0.2) is 0 Å². The Bertz CT molecular complexity index is 372. The minimum Gasteiger partial charge on any atom is -0.493 e. The van der Waals surface area contributed by atoms with Crippen molar-refractivity contribution >= 4 is 11.8 Å². The lowest BCUT2D eigenvalue weighted by atomic mass is 10.0. The summed E-state index contributed by atoms with van der Waals surface area (Å²) < 4.78 is 11.4. The summed E-state index contributed by atoms with van der Waals surface area (Å²) in [7, 11) is 1.66. The number of benzene rings is 1. The topological polar surface area (TPSA) is 30.5 Å². The molecule has 20 heavy (non-hydrogen) atoms. The summed E-state index contributed by atoms with van der Waals surface area (Å²) in [6.45, 7) is 7.04. The molecule has 1 rings (SSSR count). The Morgan fingerprint density at radius 2 is 1.80 bits per heavy atom. The van der Waals surface area contributed by atoms with Crippen molar-refractivity contribution in [3.05, 3.63) is 24.3 Å². The molecule has 0 aliphatic rings. The van der Waals surface area contributed by atoms with Gasteiger partial charge in [0.05, 0.1) is 7.11 Å². The molecule has 0 aliphatic carbocycles. The second-order valence-corrected chi connectivity index (χ2v) is 6.04. The first-order chi connectivity index (χ1) is 9.71. The number of hydrogen-bond acceptors (Lipinski definition) is 4. The van der Waals surface area contributed by atoms with Gasteiger partial charge in [0.2, 0.25) is 0 Å². The Balaban J connectivity index is 2.31. The summed E-state index contributed by atoms with van der Waals surface area (Å²) in [5.41, 5.74) is 0. The molecule has 4 heteroatoms. The highest BCUT2D eigenvalue weighted by Crippen LogP contribution is 2.29. The number of hydrogen-bond donors (Lipinski definition) is 1. The average molecular weight is 297 g/mol. The van der Waals surface area contributed by atoms with Crippen molar-refractivity contribution in [3.63, 3.8) is 0 Å². The number of methoxy groups -OCH3 is 1. The van der Waals surface area contributed by atoms with E-state index in [1.54, 1.807) is 7.11 Å². The van der Waals surface area contributed by atoms with E-state index in [4.69, 9.17) is 9.47 Å². The van der Waals surface area contributed by atoms with Crippen LogP contribution in [0, 0.1) is 0 Å². The van der Waals surface area contributed by atoms with Gasteiger partial charge in [-0.15, -0.1) is 0 Å². The maximum absolute atomic E-state index is 5.75. The summed E-state index contributed by atoms with van der Waals surface area (Å²) in [4.78, 5) is 0. The second kappa shape index (κ2) is 9.14. The molecular weight excluding hydrogens is 270 g/mol. The molecule has 0 atom stereocenters. The third kappa shape index (κ3) is 4.91. The van der Waals surface area contributed by atoms with Crippen LogP contribution in [0.3, 0.4) is 0 Å². The molecule has 0 saturated heterocycles. The highest BCUT2D eigenvalue weighted by molar-refractivity contribution is 8.00. The molecule has 0 saturated carbocycles. The van der Waals surface area contributed by atoms with Gasteiger partial charge in [-0.2, -0.15) is 11.8 Å². The van der Waals surface area contributed by atoms with E-state index < -0.39 is 0 Å². The smallest absolute Gasteiger partial charge is 0.161 e. The Morgan fingerprint density at radius 1 is 1.15 bits per heavy atom. The normalized spacial score (nSPS) is 11.4. The van der Waals surface area contributed by atoms with E-state index in [0.29, 0.717) is 11.4 Å². The van der Waals surface area contributed by atoms with E-state index in [0.717, 1.165) is 24.6 Å². The van der Waals surface area contributed by atoms with Crippen molar-refractivity contribution in [2.24, 2.45) is 0 Å². The molecule has 0 bridgehead atoms. The van der Waals surface area contributed by atoms with Gasteiger partial charge in [-0.3, -0.25) is 0 Å². The lowest BCUT2D eigenvalue weighted by Crippen LogP contribution is -2.38. The molecule has 0 spiro atoms. The summed E-state index contributed by atoms with van der Waals surface area (Å²) in [6, 6.07) is 7.75. The van der Waals surface area contributed by atoms with Crippen molar-refractivity contribution in [1.82, 2.24) is 5.32 Å². The monoisotopic (exact) mass is 297 g/mol. The second-order valence-electron chi connectivity index (χ2n) is 4.77. The van der Waals surface area contributed by atoms with Crippen LogP contribution in [0.1, 0.15) is 26.7 Å². The molecule has 114 valence electrons. The van der Waals surface area contributed by atoms with Crippen molar-refractivity contribution in [1.29, 1.82) is 0 Å². The molecule has 0 unspecified atom stereocenters. The summed E-state index contributed by atoms with van der Waals surface area (Å²) in [5, 5.41) is 3.50. The molecule has 1 N–H and O–H groups in total. The first-order valence-electron chi connectivity index (χ1n) is 7.23. The largest absolute Gasteiger partial charge is 0.493 e. The van der Waals surface area contributed by atoms with Crippen LogP contribution in [0.25, 0.3) is 0 Å². The molecule has 0 aliphatic heterocycles. The lowest BCUT2D eigenvalue weighted by molar-refractivity contribution is 0.289. The number of thioether (sulfide) groups is 1. The molecule has 3 nitrogen and oxygen atoms in total. The van der Waals surface area contributed by atoms with Crippen LogP contribution < -0.4 is 14.8 Å². The third-order valence-corrected chi connectivity index (χ3v) is 5.36. The zero-order valence-corrected chi connectivity index (χ0v) is 13.9. The molecule has 0 heterocycles. The van der Waals surface area contributed by atoms with Crippen molar-refractivity contribution in [2.45, 2.75) is 31.4 Å². The highest BCUT2D eigenvalue weighted by Gasteiger charge is 2.23. The van der Waals surface area contributed by atoms with Crippen molar-refractivity contribution < 1.29 is 9.47 Å². The van der Waals surface area contributed by atoms with Gasteiger partial charge in [0.1, 0.15) is 6.61 Å². The van der Waals surface area contributed by atoms with E-state index in [9.17, 15) is 0 Å². The van der Waals surface area contributed by atoms with E-state index in [-0.39, 0.29) is 0 Å². The van der Waals surface area contributed by atoms with Crippen molar-refractivity contribution in [2.75, 3.05) is 33.1 Å². The molecule has 0 aromatic heterocycles. The minimum atomic E-state index is 0.352. The zero-order valence-electron chi connectivity index (χ0n) is 13.1. The average Bonchev–Trinajstić information content (AvgIpc) is 2.52. The van der Waals surface area contributed by atoms with Gasteiger partial charge in [0.25, 0.3) is 0 Å². The van der Waals surface area contributed by atoms with Crippen LogP contribution in [0.5, 0.6) is 11.5 Å². The lowest BCUT2D eigenvalue weighted by Gasteiger charge is -2.30. The van der Waals surface area contributed by atoms with Gasteiger partial charge in [-0.1, -0.05) is 26.0 Å². The van der Waals surface area contributed by atoms with Gasteiger partial charge in [0.15, 0.2) is 11.5 Å². The Morgan fingerprint density at radius 3 is 2.35 bits per heavy atom.